The fourth-order valence-electron chi connectivity index (χ4n) is 6.56. The molecule has 1 saturated carbocycles. The van der Waals surface area contributed by atoms with Gasteiger partial charge in [0.15, 0.2) is 0 Å². The first-order chi connectivity index (χ1) is 14.7. The Labute approximate surface area is 189 Å². The van der Waals surface area contributed by atoms with Crippen LogP contribution < -0.4 is 10.6 Å². The molecule has 2 saturated heterocycles. The van der Waals surface area contributed by atoms with E-state index in [0.717, 1.165) is 50.5 Å². The van der Waals surface area contributed by atoms with Gasteiger partial charge in [-0.25, -0.2) is 0 Å². The Morgan fingerprint density at radius 2 is 1.74 bits per heavy atom. The van der Waals surface area contributed by atoms with Gasteiger partial charge in [-0.15, -0.1) is 0 Å². The van der Waals surface area contributed by atoms with Gasteiger partial charge in [-0.3, -0.25) is 9.69 Å². The Morgan fingerprint density at radius 3 is 2.39 bits per heavy atom. The van der Waals surface area contributed by atoms with Gasteiger partial charge in [0.05, 0.1) is 0 Å². The van der Waals surface area contributed by atoms with Crippen molar-refractivity contribution in [2.24, 2.45) is 16.7 Å². The lowest BCUT2D eigenvalue weighted by Crippen LogP contribution is -2.63. The number of carbonyl (C=O) groups excluding carboxylic acids is 1. The number of hydrogen-bond donors (Lipinski definition) is 2. The van der Waals surface area contributed by atoms with Crippen LogP contribution in [0.4, 0.5) is 0 Å². The molecule has 2 heterocycles. The molecule has 1 amide bonds. The molecule has 4 aliphatic rings. The van der Waals surface area contributed by atoms with Crippen LogP contribution in [0.3, 0.4) is 0 Å². The average Bonchev–Trinajstić information content (AvgIpc) is 2.99. The molecule has 0 aromatic heterocycles. The van der Waals surface area contributed by atoms with E-state index in [4.69, 9.17) is 0 Å². The van der Waals surface area contributed by atoms with Gasteiger partial charge in [0, 0.05) is 56.5 Å². The highest BCUT2D eigenvalue weighted by Gasteiger charge is 2.53. The van der Waals surface area contributed by atoms with Crippen LogP contribution in [-0.2, 0) is 4.79 Å². The monoisotopic (exact) mass is 426 g/mol. The normalized spacial score (nSPS) is 27.2. The largest absolute Gasteiger partial charge is 0.372 e. The zero-order valence-corrected chi connectivity index (χ0v) is 20.0. The number of nitrogens with one attached hydrogen (secondary N) is 2. The van der Waals surface area contributed by atoms with Gasteiger partial charge in [0.25, 0.3) is 5.91 Å². The van der Waals surface area contributed by atoms with Crippen molar-refractivity contribution in [1.29, 1.82) is 0 Å². The third-order valence-corrected chi connectivity index (χ3v) is 7.85. The number of piperazine rings is 1. The molecule has 2 aliphatic carbocycles. The molecule has 172 valence electrons. The molecule has 0 spiro atoms. The second-order valence-corrected chi connectivity index (χ2v) is 11.4. The van der Waals surface area contributed by atoms with Gasteiger partial charge in [0.2, 0.25) is 0 Å². The van der Waals surface area contributed by atoms with E-state index in [0.29, 0.717) is 0 Å². The second kappa shape index (κ2) is 9.11. The van der Waals surface area contributed by atoms with Crippen molar-refractivity contribution in [1.82, 2.24) is 20.4 Å². The van der Waals surface area contributed by atoms with Crippen molar-refractivity contribution in [3.8, 4) is 0 Å². The summed E-state index contributed by atoms with van der Waals surface area (Å²) in [6.07, 6.45) is 13.0. The first-order valence-corrected chi connectivity index (χ1v) is 12.3. The summed E-state index contributed by atoms with van der Waals surface area (Å²) in [4.78, 5) is 18.1. The maximum atomic E-state index is 13.0. The molecule has 0 aromatic rings. The smallest absolute Gasteiger partial charge is 0.251 e. The molecule has 2 aliphatic heterocycles. The zero-order chi connectivity index (χ0) is 22.1. The lowest BCUT2D eigenvalue weighted by molar-refractivity contribution is -0.125. The summed E-state index contributed by atoms with van der Waals surface area (Å²) in [5, 5.41) is 6.79. The molecular formula is C26H42N4O. The van der Waals surface area contributed by atoms with Gasteiger partial charge < -0.3 is 15.5 Å². The van der Waals surface area contributed by atoms with E-state index >= 15 is 0 Å². The van der Waals surface area contributed by atoms with Crippen LogP contribution in [0.25, 0.3) is 0 Å². The van der Waals surface area contributed by atoms with Crippen molar-refractivity contribution in [2.45, 2.75) is 59.4 Å². The van der Waals surface area contributed by atoms with E-state index in [1.807, 2.05) is 12.2 Å². The third-order valence-electron chi connectivity index (χ3n) is 7.85. The SMILES string of the molecule is CC1(C)CC(C)(C)C1NC(=O)C1=CC=C(N2CCN(CC3CCNCC3)CC2)CC=C1. The van der Waals surface area contributed by atoms with Crippen LogP contribution in [0.2, 0.25) is 0 Å². The van der Waals surface area contributed by atoms with Crippen molar-refractivity contribution in [3.05, 3.63) is 35.6 Å². The first-order valence-electron chi connectivity index (χ1n) is 12.3. The predicted octanol–water partition coefficient (Wildman–Crippen LogP) is 3.31. The molecule has 0 bridgehead atoms. The van der Waals surface area contributed by atoms with Crippen LogP contribution in [0.1, 0.15) is 53.4 Å². The minimum atomic E-state index is 0.0615. The molecule has 31 heavy (non-hydrogen) atoms. The van der Waals surface area contributed by atoms with Gasteiger partial charge in [-0.1, -0.05) is 39.8 Å². The maximum Gasteiger partial charge on any atom is 0.251 e. The maximum absolute atomic E-state index is 13.0. The van der Waals surface area contributed by atoms with Crippen molar-refractivity contribution in [3.63, 3.8) is 0 Å². The van der Waals surface area contributed by atoms with Crippen LogP contribution in [-0.4, -0.2) is 67.6 Å². The Balaban J connectivity index is 1.31. The number of piperidine rings is 1. The quantitative estimate of drug-likeness (QED) is 0.708. The highest BCUT2D eigenvalue weighted by molar-refractivity contribution is 5.97. The van der Waals surface area contributed by atoms with E-state index in [2.05, 4.69) is 60.3 Å². The first kappa shape index (κ1) is 22.6. The number of carbonyl (C=O) groups is 1. The number of nitrogens with zero attached hydrogens (tertiary/aromatic N) is 2. The summed E-state index contributed by atoms with van der Waals surface area (Å²) in [5.74, 6) is 0.925. The molecule has 0 unspecified atom stereocenters. The number of amides is 1. The molecular weight excluding hydrogens is 384 g/mol. The Bertz CT molecular complexity index is 735. The molecule has 2 N–H and O–H groups in total. The highest BCUT2D eigenvalue weighted by Crippen LogP contribution is 2.53. The molecule has 5 nitrogen and oxygen atoms in total. The minimum Gasteiger partial charge on any atom is -0.372 e. The van der Waals surface area contributed by atoms with Crippen molar-refractivity contribution in [2.75, 3.05) is 45.8 Å². The number of allylic oxidation sites excluding steroid dienone is 3. The topological polar surface area (TPSA) is 47.6 Å². The molecule has 4 rings (SSSR count). The Morgan fingerprint density at radius 1 is 1.06 bits per heavy atom. The Kier molecular flexibility index (Phi) is 6.64. The summed E-state index contributed by atoms with van der Waals surface area (Å²) < 4.78 is 0. The van der Waals surface area contributed by atoms with E-state index in [1.165, 1.54) is 38.2 Å². The van der Waals surface area contributed by atoms with Crippen LogP contribution >= 0.6 is 0 Å². The summed E-state index contributed by atoms with van der Waals surface area (Å²) in [6.45, 7) is 17.1. The summed E-state index contributed by atoms with van der Waals surface area (Å²) in [6, 6.07) is 0.224. The fraction of sp³-hybridized carbons (Fsp3) is 0.731. The Hall–Kier alpha value is -1.59. The minimum absolute atomic E-state index is 0.0615. The zero-order valence-electron chi connectivity index (χ0n) is 20.0. The highest BCUT2D eigenvalue weighted by atomic mass is 16.1. The summed E-state index contributed by atoms with van der Waals surface area (Å²) in [7, 11) is 0. The summed E-state index contributed by atoms with van der Waals surface area (Å²) in [5.41, 5.74) is 2.45. The molecule has 3 fully saturated rings. The fourth-order valence-corrected chi connectivity index (χ4v) is 6.56. The van der Waals surface area contributed by atoms with Crippen LogP contribution in [0, 0.1) is 16.7 Å². The second-order valence-electron chi connectivity index (χ2n) is 11.4. The van der Waals surface area contributed by atoms with Crippen LogP contribution in [0.15, 0.2) is 35.6 Å². The van der Waals surface area contributed by atoms with E-state index in [-0.39, 0.29) is 22.8 Å². The standard InChI is InChI=1S/C26H42N4O/c1-25(2)19-26(3,4)24(25)28-23(31)21-6-5-7-22(9-8-21)30-16-14-29(15-17-30)18-20-10-12-27-13-11-20/h5-6,8-9,20,24,27H,7,10-19H2,1-4H3,(H,28,31). The van der Waals surface area contributed by atoms with Crippen molar-refractivity contribution < 1.29 is 4.79 Å². The van der Waals surface area contributed by atoms with Gasteiger partial charge in [-0.05, 0) is 61.3 Å². The van der Waals surface area contributed by atoms with Crippen LogP contribution in [0.5, 0.6) is 0 Å². The molecule has 0 atom stereocenters. The van der Waals surface area contributed by atoms with E-state index in [9.17, 15) is 4.79 Å². The predicted molar refractivity (Wildman–Crippen MR) is 128 cm³/mol. The summed E-state index contributed by atoms with van der Waals surface area (Å²) >= 11 is 0. The number of rotatable bonds is 5. The van der Waals surface area contributed by atoms with Gasteiger partial charge in [-0.2, -0.15) is 0 Å². The van der Waals surface area contributed by atoms with E-state index < -0.39 is 0 Å². The van der Waals surface area contributed by atoms with Gasteiger partial charge >= 0.3 is 0 Å². The average molecular weight is 427 g/mol. The lowest BCUT2D eigenvalue weighted by Gasteiger charge is -2.57. The van der Waals surface area contributed by atoms with Gasteiger partial charge in [0.1, 0.15) is 0 Å². The lowest BCUT2D eigenvalue weighted by atomic mass is 9.52. The molecule has 5 heteroatoms. The molecule has 0 aromatic carbocycles. The number of hydrogen-bond acceptors (Lipinski definition) is 4. The van der Waals surface area contributed by atoms with E-state index in [1.54, 1.807) is 0 Å². The molecule has 0 radical (unpaired) electrons. The third kappa shape index (κ3) is 5.25. The van der Waals surface area contributed by atoms with Crippen molar-refractivity contribution >= 4 is 5.91 Å².